The fourth-order valence-corrected chi connectivity index (χ4v) is 1.26. The SMILES string of the molecule is COCc1nc(-c2ccoc2)oc1C(=O)O. The Hall–Kier alpha value is -2.08. The molecule has 2 aromatic rings. The lowest BCUT2D eigenvalue weighted by Gasteiger charge is -1.92. The molecule has 0 aromatic carbocycles. The van der Waals surface area contributed by atoms with E-state index in [1.165, 1.54) is 19.6 Å². The van der Waals surface area contributed by atoms with E-state index < -0.39 is 5.97 Å². The fraction of sp³-hybridized carbons (Fsp3) is 0.200. The highest BCUT2D eigenvalue weighted by atomic mass is 16.5. The first kappa shape index (κ1) is 10.4. The third-order valence-electron chi connectivity index (χ3n) is 1.94. The molecule has 0 fully saturated rings. The Labute approximate surface area is 90.5 Å². The number of rotatable bonds is 4. The maximum Gasteiger partial charge on any atom is 0.373 e. The van der Waals surface area contributed by atoms with E-state index in [1.54, 1.807) is 6.07 Å². The van der Waals surface area contributed by atoms with Gasteiger partial charge < -0.3 is 18.7 Å². The van der Waals surface area contributed by atoms with Gasteiger partial charge in [0.15, 0.2) is 0 Å². The minimum atomic E-state index is -1.17. The van der Waals surface area contributed by atoms with Crippen LogP contribution in [0.3, 0.4) is 0 Å². The van der Waals surface area contributed by atoms with Gasteiger partial charge in [-0.15, -0.1) is 0 Å². The zero-order chi connectivity index (χ0) is 11.5. The predicted octanol–water partition coefficient (Wildman–Crippen LogP) is 1.78. The number of hydrogen-bond donors (Lipinski definition) is 1. The minimum Gasteiger partial charge on any atom is -0.475 e. The smallest absolute Gasteiger partial charge is 0.373 e. The van der Waals surface area contributed by atoms with E-state index in [9.17, 15) is 4.79 Å². The quantitative estimate of drug-likeness (QED) is 0.850. The van der Waals surface area contributed by atoms with Crippen LogP contribution in [0.15, 0.2) is 27.4 Å². The summed E-state index contributed by atoms with van der Waals surface area (Å²) < 4.78 is 14.8. The molecule has 84 valence electrons. The van der Waals surface area contributed by atoms with Crippen LogP contribution in [-0.4, -0.2) is 23.2 Å². The summed E-state index contributed by atoms with van der Waals surface area (Å²) in [6.45, 7) is 0.0863. The van der Waals surface area contributed by atoms with Crippen molar-refractivity contribution in [3.8, 4) is 11.5 Å². The molecule has 1 N–H and O–H groups in total. The Morgan fingerprint density at radius 2 is 2.44 bits per heavy atom. The van der Waals surface area contributed by atoms with Crippen molar-refractivity contribution in [1.82, 2.24) is 4.98 Å². The van der Waals surface area contributed by atoms with Gasteiger partial charge in [0.1, 0.15) is 12.0 Å². The lowest BCUT2D eigenvalue weighted by Crippen LogP contribution is -2.00. The molecule has 2 heterocycles. The normalized spacial score (nSPS) is 10.6. The molecule has 0 aliphatic carbocycles. The molecule has 0 atom stereocenters. The van der Waals surface area contributed by atoms with Crippen LogP contribution < -0.4 is 0 Å². The average molecular weight is 223 g/mol. The molecule has 0 unspecified atom stereocenters. The number of furan rings is 1. The van der Waals surface area contributed by atoms with Crippen molar-refractivity contribution in [3.05, 3.63) is 30.0 Å². The van der Waals surface area contributed by atoms with Gasteiger partial charge >= 0.3 is 5.97 Å². The number of aromatic carboxylic acids is 1. The van der Waals surface area contributed by atoms with Crippen molar-refractivity contribution in [2.24, 2.45) is 0 Å². The highest BCUT2D eigenvalue weighted by molar-refractivity contribution is 5.86. The van der Waals surface area contributed by atoms with Crippen molar-refractivity contribution in [2.45, 2.75) is 6.61 Å². The van der Waals surface area contributed by atoms with Gasteiger partial charge in [0.05, 0.1) is 18.4 Å². The summed E-state index contributed by atoms with van der Waals surface area (Å²) in [7, 11) is 1.46. The highest BCUT2D eigenvalue weighted by Gasteiger charge is 2.20. The molecular formula is C10H9NO5. The second-order valence-electron chi connectivity index (χ2n) is 3.05. The van der Waals surface area contributed by atoms with Gasteiger partial charge in [-0.25, -0.2) is 9.78 Å². The number of carboxylic acids is 1. The molecule has 6 nitrogen and oxygen atoms in total. The number of ether oxygens (including phenoxy) is 1. The summed E-state index contributed by atoms with van der Waals surface area (Å²) >= 11 is 0. The number of aromatic nitrogens is 1. The van der Waals surface area contributed by atoms with Gasteiger partial charge in [-0.3, -0.25) is 0 Å². The third-order valence-corrected chi connectivity index (χ3v) is 1.94. The van der Waals surface area contributed by atoms with Crippen LogP contribution in [0.1, 0.15) is 16.2 Å². The molecule has 0 spiro atoms. The van der Waals surface area contributed by atoms with Crippen LogP contribution in [0.25, 0.3) is 11.5 Å². The van der Waals surface area contributed by atoms with Crippen LogP contribution in [0.4, 0.5) is 0 Å². The van der Waals surface area contributed by atoms with Crippen LogP contribution >= 0.6 is 0 Å². The number of carbonyl (C=O) groups is 1. The Bertz CT molecular complexity index is 485. The Kier molecular flexibility index (Phi) is 2.74. The second-order valence-corrected chi connectivity index (χ2v) is 3.05. The van der Waals surface area contributed by atoms with Gasteiger partial charge in [0.25, 0.3) is 0 Å². The lowest BCUT2D eigenvalue weighted by atomic mass is 10.3. The fourth-order valence-electron chi connectivity index (χ4n) is 1.26. The first-order valence-corrected chi connectivity index (χ1v) is 4.47. The first-order chi connectivity index (χ1) is 7.72. The summed E-state index contributed by atoms with van der Waals surface area (Å²) in [6, 6.07) is 1.63. The molecule has 2 rings (SSSR count). The number of carboxylic acid groups (broad SMARTS) is 1. The topological polar surface area (TPSA) is 85.7 Å². The summed E-state index contributed by atoms with van der Waals surface area (Å²) in [6.07, 6.45) is 2.88. The number of methoxy groups -OCH3 is 1. The molecule has 0 aliphatic heterocycles. The summed E-state index contributed by atoms with van der Waals surface area (Å²) in [4.78, 5) is 14.9. The Morgan fingerprint density at radius 1 is 1.62 bits per heavy atom. The summed E-state index contributed by atoms with van der Waals surface area (Å²) in [5.41, 5.74) is 0.844. The van der Waals surface area contributed by atoms with Crippen LogP contribution in [0.5, 0.6) is 0 Å². The van der Waals surface area contributed by atoms with Gasteiger partial charge in [0.2, 0.25) is 11.7 Å². The average Bonchev–Trinajstić information content (AvgIpc) is 2.83. The van der Waals surface area contributed by atoms with E-state index in [2.05, 4.69) is 4.98 Å². The minimum absolute atomic E-state index is 0.0863. The van der Waals surface area contributed by atoms with Crippen LogP contribution in [-0.2, 0) is 11.3 Å². The molecule has 2 aromatic heterocycles. The Balaban J connectivity index is 2.42. The molecule has 0 saturated heterocycles. The first-order valence-electron chi connectivity index (χ1n) is 4.47. The maximum absolute atomic E-state index is 10.9. The standard InChI is InChI=1S/C10H9NO5/c1-14-5-7-8(10(12)13)16-9(11-7)6-2-3-15-4-6/h2-4H,5H2,1H3,(H,12,13). The summed E-state index contributed by atoms with van der Waals surface area (Å²) in [5.74, 6) is -1.18. The van der Waals surface area contributed by atoms with Crippen molar-refractivity contribution in [1.29, 1.82) is 0 Å². The number of nitrogens with zero attached hydrogens (tertiary/aromatic N) is 1. The molecule has 0 amide bonds. The Morgan fingerprint density at radius 3 is 3.00 bits per heavy atom. The molecule has 0 saturated carbocycles. The van der Waals surface area contributed by atoms with E-state index in [1.807, 2.05) is 0 Å². The largest absolute Gasteiger partial charge is 0.475 e. The molecule has 6 heteroatoms. The van der Waals surface area contributed by atoms with E-state index in [0.29, 0.717) is 5.56 Å². The van der Waals surface area contributed by atoms with Crippen LogP contribution in [0.2, 0.25) is 0 Å². The van der Waals surface area contributed by atoms with E-state index in [-0.39, 0.29) is 24.0 Å². The molecule has 0 aliphatic rings. The highest BCUT2D eigenvalue weighted by Crippen LogP contribution is 2.22. The summed E-state index contributed by atoms with van der Waals surface area (Å²) in [5, 5.41) is 8.89. The predicted molar refractivity (Wildman–Crippen MR) is 51.9 cm³/mol. The van der Waals surface area contributed by atoms with Crippen molar-refractivity contribution in [2.75, 3.05) is 7.11 Å². The molecular weight excluding hydrogens is 214 g/mol. The molecule has 16 heavy (non-hydrogen) atoms. The van der Waals surface area contributed by atoms with Gasteiger partial charge in [-0.1, -0.05) is 0 Å². The van der Waals surface area contributed by atoms with Crippen LogP contribution in [0, 0.1) is 0 Å². The lowest BCUT2D eigenvalue weighted by molar-refractivity contribution is 0.0656. The maximum atomic E-state index is 10.9. The van der Waals surface area contributed by atoms with E-state index in [4.69, 9.17) is 18.7 Å². The zero-order valence-corrected chi connectivity index (χ0v) is 8.47. The van der Waals surface area contributed by atoms with Gasteiger partial charge in [-0.05, 0) is 6.07 Å². The van der Waals surface area contributed by atoms with Crippen molar-refractivity contribution in [3.63, 3.8) is 0 Å². The van der Waals surface area contributed by atoms with E-state index in [0.717, 1.165) is 0 Å². The van der Waals surface area contributed by atoms with Gasteiger partial charge in [0, 0.05) is 7.11 Å². The number of hydrogen-bond acceptors (Lipinski definition) is 5. The molecule has 0 radical (unpaired) electrons. The zero-order valence-electron chi connectivity index (χ0n) is 8.47. The molecule has 0 bridgehead atoms. The van der Waals surface area contributed by atoms with E-state index >= 15 is 0 Å². The second kappa shape index (κ2) is 4.19. The number of oxazole rings is 1. The van der Waals surface area contributed by atoms with Gasteiger partial charge in [-0.2, -0.15) is 0 Å². The van der Waals surface area contributed by atoms with Crippen molar-refractivity contribution < 1.29 is 23.5 Å². The third kappa shape index (κ3) is 1.82. The monoisotopic (exact) mass is 223 g/mol. The van der Waals surface area contributed by atoms with Crippen molar-refractivity contribution >= 4 is 5.97 Å².